The molecular formula is C10H18O2. The molecule has 2 atom stereocenters. The Balaban J connectivity index is 2.70. The zero-order chi connectivity index (χ0) is 9.35. The maximum atomic E-state index is 9.71. The molecule has 0 saturated carbocycles. The molecule has 0 spiro atoms. The van der Waals surface area contributed by atoms with Crippen LogP contribution in [-0.2, 0) is 0 Å². The molecular weight excluding hydrogens is 152 g/mol. The van der Waals surface area contributed by atoms with E-state index in [-0.39, 0.29) is 12.0 Å². The second kappa shape index (κ2) is 3.19. The van der Waals surface area contributed by atoms with E-state index in [2.05, 4.69) is 6.08 Å². The summed E-state index contributed by atoms with van der Waals surface area (Å²) in [4.78, 5) is 0. The van der Waals surface area contributed by atoms with Crippen LogP contribution in [0.2, 0.25) is 0 Å². The van der Waals surface area contributed by atoms with Crippen LogP contribution in [-0.4, -0.2) is 21.9 Å². The van der Waals surface area contributed by atoms with E-state index in [0.29, 0.717) is 6.42 Å². The molecule has 2 nitrogen and oxygen atoms in total. The summed E-state index contributed by atoms with van der Waals surface area (Å²) in [7, 11) is 0. The van der Waals surface area contributed by atoms with Crippen molar-refractivity contribution in [2.24, 2.45) is 5.92 Å². The first-order valence-corrected chi connectivity index (χ1v) is 4.47. The molecule has 0 aliphatic heterocycles. The fourth-order valence-electron chi connectivity index (χ4n) is 1.80. The Bertz CT molecular complexity index is 189. The van der Waals surface area contributed by atoms with Crippen LogP contribution < -0.4 is 0 Å². The summed E-state index contributed by atoms with van der Waals surface area (Å²) in [6, 6.07) is 0. The number of rotatable bonds is 1. The third-order valence-electron chi connectivity index (χ3n) is 2.62. The summed E-state index contributed by atoms with van der Waals surface area (Å²) in [6.45, 7) is 5.54. The highest BCUT2D eigenvalue weighted by Crippen LogP contribution is 2.31. The smallest absolute Gasteiger partial charge is 0.0647 e. The van der Waals surface area contributed by atoms with Crippen LogP contribution in [0.25, 0.3) is 0 Å². The fourth-order valence-corrected chi connectivity index (χ4v) is 1.80. The van der Waals surface area contributed by atoms with Gasteiger partial charge in [0.1, 0.15) is 0 Å². The quantitative estimate of drug-likeness (QED) is 0.585. The number of hydrogen-bond acceptors (Lipinski definition) is 2. The lowest BCUT2D eigenvalue weighted by atomic mass is 9.78. The lowest BCUT2D eigenvalue weighted by Crippen LogP contribution is -2.40. The second-order valence-electron chi connectivity index (χ2n) is 4.32. The molecule has 0 saturated heterocycles. The largest absolute Gasteiger partial charge is 0.392 e. The van der Waals surface area contributed by atoms with Crippen LogP contribution in [0.3, 0.4) is 0 Å². The highest BCUT2D eigenvalue weighted by Gasteiger charge is 2.34. The van der Waals surface area contributed by atoms with Gasteiger partial charge in [0.15, 0.2) is 0 Å². The molecule has 0 radical (unpaired) electrons. The van der Waals surface area contributed by atoms with Gasteiger partial charge in [-0.2, -0.15) is 0 Å². The molecule has 12 heavy (non-hydrogen) atoms. The Kier molecular flexibility index (Phi) is 2.59. The first-order chi connectivity index (χ1) is 5.41. The van der Waals surface area contributed by atoms with Crippen molar-refractivity contribution in [3.8, 4) is 0 Å². The standard InChI is InChI=1S/C10H18O2/c1-7-4-5-8(9(11)6-7)10(2,3)12/h4,8-9,11-12H,5-6H2,1-3H3. The molecule has 0 aromatic rings. The van der Waals surface area contributed by atoms with Gasteiger partial charge in [-0.05, 0) is 33.6 Å². The van der Waals surface area contributed by atoms with Crippen LogP contribution in [0.15, 0.2) is 11.6 Å². The Morgan fingerprint density at radius 2 is 2.08 bits per heavy atom. The van der Waals surface area contributed by atoms with Gasteiger partial charge in [-0.1, -0.05) is 11.6 Å². The minimum Gasteiger partial charge on any atom is -0.392 e. The maximum absolute atomic E-state index is 9.71. The van der Waals surface area contributed by atoms with E-state index in [1.54, 1.807) is 13.8 Å². The minimum absolute atomic E-state index is 0.0128. The summed E-state index contributed by atoms with van der Waals surface area (Å²) in [5.74, 6) is -0.0128. The van der Waals surface area contributed by atoms with E-state index >= 15 is 0 Å². The van der Waals surface area contributed by atoms with Crippen LogP contribution in [0.5, 0.6) is 0 Å². The van der Waals surface area contributed by atoms with Crippen molar-refractivity contribution in [1.29, 1.82) is 0 Å². The monoisotopic (exact) mass is 170 g/mol. The highest BCUT2D eigenvalue weighted by atomic mass is 16.3. The van der Waals surface area contributed by atoms with Crippen LogP contribution in [0, 0.1) is 5.92 Å². The van der Waals surface area contributed by atoms with Gasteiger partial charge in [-0.15, -0.1) is 0 Å². The molecule has 2 unspecified atom stereocenters. The normalized spacial score (nSPS) is 31.6. The third kappa shape index (κ3) is 2.08. The third-order valence-corrected chi connectivity index (χ3v) is 2.62. The summed E-state index contributed by atoms with van der Waals surface area (Å²) in [5.41, 5.74) is 0.458. The fraction of sp³-hybridized carbons (Fsp3) is 0.800. The average molecular weight is 170 g/mol. The summed E-state index contributed by atoms with van der Waals surface area (Å²) in [5, 5.41) is 19.4. The van der Waals surface area contributed by atoms with E-state index in [0.717, 1.165) is 6.42 Å². The lowest BCUT2D eigenvalue weighted by Gasteiger charge is -2.35. The van der Waals surface area contributed by atoms with Crippen molar-refractivity contribution >= 4 is 0 Å². The van der Waals surface area contributed by atoms with Gasteiger partial charge >= 0.3 is 0 Å². The first kappa shape index (κ1) is 9.75. The van der Waals surface area contributed by atoms with Crippen molar-refractivity contribution in [2.45, 2.75) is 45.3 Å². The van der Waals surface area contributed by atoms with Crippen LogP contribution in [0.4, 0.5) is 0 Å². The van der Waals surface area contributed by atoms with Crippen molar-refractivity contribution in [2.75, 3.05) is 0 Å². The number of aliphatic hydroxyl groups is 2. The zero-order valence-electron chi connectivity index (χ0n) is 8.04. The lowest BCUT2D eigenvalue weighted by molar-refractivity contribution is -0.0479. The van der Waals surface area contributed by atoms with Gasteiger partial charge < -0.3 is 10.2 Å². The Morgan fingerprint density at radius 1 is 1.50 bits per heavy atom. The molecule has 0 heterocycles. The minimum atomic E-state index is -0.767. The second-order valence-corrected chi connectivity index (χ2v) is 4.32. The average Bonchev–Trinajstić information content (AvgIpc) is 1.83. The van der Waals surface area contributed by atoms with E-state index in [1.165, 1.54) is 5.57 Å². The van der Waals surface area contributed by atoms with Crippen molar-refractivity contribution in [3.63, 3.8) is 0 Å². The topological polar surface area (TPSA) is 40.5 Å². The molecule has 0 aromatic heterocycles. The first-order valence-electron chi connectivity index (χ1n) is 4.47. The van der Waals surface area contributed by atoms with E-state index in [1.807, 2.05) is 6.92 Å². The van der Waals surface area contributed by atoms with Gasteiger partial charge in [-0.3, -0.25) is 0 Å². The van der Waals surface area contributed by atoms with Gasteiger partial charge in [-0.25, -0.2) is 0 Å². The predicted molar refractivity (Wildman–Crippen MR) is 48.8 cm³/mol. The van der Waals surface area contributed by atoms with Gasteiger partial charge in [0.25, 0.3) is 0 Å². The molecule has 0 fully saturated rings. The SMILES string of the molecule is CC1=CCC(C(C)(C)O)C(O)C1. The molecule has 2 N–H and O–H groups in total. The van der Waals surface area contributed by atoms with Gasteiger partial charge in [0, 0.05) is 5.92 Å². The Morgan fingerprint density at radius 3 is 2.50 bits per heavy atom. The maximum Gasteiger partial charge on any atom is 0.0647 e. The van der Waals surface area contributed by atoms with E-state index in [4.69, 9.17) is 0 Å². The van der Waals surface area contributed by atoms with E-state index < -0.39 is 5.60 Å². The number of aliphatic hydroxyl groups excluding tert-OH is 1. The van der Waals surface area contributed by atoms with Crippen LogP contribution in [0.1, 0.15) is 33.6 Å². The summed E-state index contributed by atoms with van der Waals surface area (Å²) >= 11 is 0. The molecule has 0 amide bonds. The molecule has 1 aliphatic rings. The van der Waals surface area contributed by atoms with Crippen molar-refractivity contribution in [3.05, 3.63) is 11.6 Å². The van der Waals surface area contributed by atoms with E-state index in [9.17, 15) is 10.2 Å². The number of hydrogen-bond donors (Lipinski definition) is 2. The highest BCUT2D eigenvalue weighted by molar-refractivity contribution is 5.08. The van der Waals surface area contributed by atoms with Gasteiger partial charge in [0.2, 0.25) is 0 Å². The summed E-state index contributed by atoms with van der Waals surface area (Å²) in [6.07, 6.45) is 3.22. The van der Waals surface area contributed by atoms with Gasteiger partial charge in [0.05, 0.1) is 11.7 Å². The summed E-state index contributed by atoms with van der Waals surface area (Å²) < 4.78 is 0. The zero-order valence-corrected chi connectivity index (χ0v) is 8.04. The Labute approximate surface area is 73.9 Å². The molecule has 1 aliphatic carbocycles. The molecule has 0 aromatic carbocycles. The predicted octanol–water partition coefficient (Wildman–Crippen LogP) is 1.47. The molecule has 0 bridgehead atoms. The molecule has 1 rings (SSSR count). The van der Waals surface area contributed by atoms with Crippen LogP contribution >= 0.6 is 0 Å². The molecule has 70 valence electrons. The Hall–Kier alpha value is -0.340. The molecule has 2 heteroatoms. The van der Waals surface area contributed by atoms with Crippen molar-refractivity contribution in [1.82, 2.24) is 0 Å². The van der Waals surface area contributed by atoms with Crippen molar-refractivity contribution < 1.29 is 10.2 Å². The number of allylic oxidation sites excluding steroid dienone is 1.